The van der Waals surface area contributed by atoms with Crippen LogP contribution in [0, 0.1) is 0 Å². The summed E-state index contributed by atoms with van der Waals surface area (Å²) in [6.45, 7) is 0. The number of hydrogen-bond donors (Lipinski definition) is 2. The molecule has 0 spiro atoms. The molecular weight excluding hydrogens is 116 g/mol. The van der Waals surface area contributed by atoms with Gasteiger partial charge in [0.1, 0.15) is 0 Å². The van der Waals surface area contributed by atoms with Crippen LogP contribution in [0.15, 0.2) is 11.6 Å². The van der Waals surface area contributed by atoms with Crippen LogP contribution in [0.5, 0.6) is 0 Å². The van der Waals surface area contributed by atoms with Gasteiger partial charge in [0.2, 0.25) is 10.0 Å². The minimum absolute atomic E-state index is 0.715. The van der Waals surface area contributed by atoms with Crippen molar-refractivity contribution < 1.29 is 8.42 Å². The van der Waals surface area contributed by atoms with E-state index in [1.165, 1.54) is 0 Å². The van der Waals surface area contributed by atoms with E-state index in [9.17, 15) is 8.42 Å². The van der Waals surface area contributed by atoms with Crippen LogP contribution in [-0.4, -0.2) is 8.42 Å². The van der Waals surface area contributed by atoms with Gasteiger partial charge in [-0.1, -0.05) is 0 Å². The van der Waals surface area contributed by atoms with Gasteiger partial charge in [0, 0.05) is 6.20 Å². The molecule has 5 heteroatoms. The Bertz CT molecular complexity index is 157. The molecule has 0 atom stereocenters. The molecule has 4 N–H and O–H groups in total. The highest BCUT2D eigenvalue weighted by atomic mass is 32.2. The first-order valence-corrected chi connectivity index (χ1v) is 3.08. The summed E-state index contributed by atoms with van der Waals surface area (Å²) in [7, 11) is -3.48. The number of nitrogens with two attached hydrogens (primary N) is 2. The molecule has 0 aromatic heterocycles. The highest BCUT2D eigenvalue weighted by Gasteiger charge is 1.88. The molecule has 0 heterocycles. The molecule has 0 unspecified atom stereocenters. The Morgan fingerprint density at radius 3 is 1.86 bits per heavy atom. The fourth-order valence-corrected chi connectivity index (χ4v) is 0.329. The standard InChI is InChI=1S/C2H6N2O2S/c3-1-2-7(4,5)6/h1-2H,3H2,(H2,4,5,6)/b2-1-. The van der Waals surface area contributed by atoms with Gasteiger partial charge >= 0.3 is 0 Å². The van der Waals surface area contributed by atoms with Crippen LogP contribution in [0.25, 0.3) is 0 Å². The van der Waals surface area contributed by atoms with Crippen molar-refractivity contribution >= 4 is 10.0 Å². The lowest BCUT2D eigenvalue weighted by Gasteiger charge is -1.78. The lowest BCUT2D eigenvalue weighted by atomic mass is 11.1. The summed E-state index contributed by atoms with van der Waals surface area (Å²) in [5.74, 6) is 0. The average Bonchev–Trinajstić information content (AvgIpc) is 1.30. The summed E-state index contributed by atoms with van der Waals surface area (Å²) < 4.78 is 19.7. The van der Waals surface area contributed by atoms with E-state index in [0.717, 1.165) is 6.20 Å². The van der Waals surface area contributed by atoms with E-state index in [4.69, 9.17) is 0 Å². The highest BCUT2D eigenvalue weighted by Crippen LogP contribution is 1.72. The van der Waals surface area contributed by atoms with Crippen molar-refractivity contribution in [3.63, 3.8) is 0 Å². The van der Waals surface area contributed by atoms with Crippen LogP contribution >= 0.6 is 0 Å². The van der Waals surface area contributed by atoms with Crippen LogP contribution in [0.2, 0.25) is 0 Å². The van der Waals surface area contributed by atoms with Gasteiger partial charge in [-0.3, -0.25) is 0 Å². The zero-order valence-corrected chi connectivity index (χ0v) is 4.35. The molecule has 0 saturated heterocycles. The van der Waals surface area contributed by atoms with Crippen LogP contribution < -0.4 is 10.9 Å². The number of primary sulfonamides is 1. The smallest absolute Gasteiger partial charge is 0.232 e. The van der Waals surface area contributed by atoms with Gasteiger partial charge < -0.3 is 5.73 Å². The van der Waals surface area contributed by atoms with Crippen LogP contribution in [0.1, 0.15) is 0 Å². The Morgan fingerprint density at radius 2 is 1.86 bits per heavy atom. The number of hydrogen-bond acceptors (Lipinski definition) is 3. The fraction of sp³-hybridized carbons (Fsp3) is 0. The zero-order valence-electron chi connectivity index (χ0n) is 3.53. The summed E-state index contributed by atoms with van der Waals surface area (Å²) in [6.07, 6.45) is 0.870. The predicted octanol–water partition coefficient (Wildman–Crippen LogP) is -1.30. The molecular formula is C2H6N2O2S. The minimum atomic E-state index is -3.48. The summed E-state index contributed by atoms with van der Waals surface area (Å²) in [6, 6.07) is 0. The lowest BCUT2D eigenvalue weighted by molar-refractivity contribution is 0.606. The van der Waals surface area contributed by atoms with E-state index >= 15 is 0 Å². The second kappa shape index (κ2) is 1.94. The van der Waals surface area contributed by atoms with Gasteiger partial charge in [-0.2, -0.15) is 0 Å². The van der Waals surface area contributed by atoms with Gasteiger partial charge in [0.05, 0.1) is 5.41 Å². The van der Waals surface area contributed by atoms with E-state index in [2.05, 4.69) is 10.9 Å². The van der Waals surface area contributed by atoms with Crippen LogP contribution in [0.4, 0.5) is 0 Å². The Balaban J connectivity index is 4.13. The molecule has 0 aliphatic heterocycles. The molecule has 4 nitrogen and oxygen atoms in total. The quantitative estimate of drug-likeness (QED) is 0.453. The van der Waals surface area contributed by atoms with Gasteiger partial charge in [-0.25, -0.2) is 13.6 Å². The van der Waals surface area contributed by atoms with Crippen LogP contribution in [-0.2, 0) is 10.0 Å². The lowest BCUT2D eigenvalue weighted by Crippen LogP contribution is -2.07. The first-order chi connectivity index (χ1) is 3.06. The van der Waals surface area contributed by atoms with Crippen molar-refractivity contribution in [2.75, 3.05) is 0 Å². The van der Waals surface area contributed by atoms with E-state index in [1.54, 1.807) is 0 Å². The molecule has 0 rings (SSSR count). The molecule has 0 saturated carbocycles. The van der Waals surface area contributed by atoms with E-state index in [1.807, 2.05) is 0 Å². The van der Waals surface area contributed by atoms with Crippen LogP contribution in [0.3, 0.4) is 0 Å². The molecule has 42 valence electrons. The van der Waals surface area contributed by atoms with Gasteiger partial charge in [0.15, 0.2) is 0 Å². The van der Waals surface area contributed by atoms with Crippen molar-refractivity contribution in [2.45, 2.75) is 0 Å². The van der Waals surface area contributed by atoms with E-state index in [0.29, 0.717) is 5.41 Å². The average molecular weight is 122 g/mol. The Hall–Kier alpha value is -0.550. The molecule has 7 heavy (non-hydrogen) atoms. The van der Waals surface area contributed by atoms with E-state index in [-0.39, 0.29) is 0 Å². The molecule has 0 bridgehead atoms. The highest BCUT2D eigenvalue weighted by molar-refractivity contribution is 7.92. The maximum absolute atomic E-state index is 9.84. The molecule has 0 amide bonds. The van der Waals surface area contributed by atoms with E-state index < -0.39 is 10.0 Å². The van der Waals surface area contributed by atoms with Crippen molar-refractivity contribution in [1.29, 1.82) is 0 Å². The molecule has 0 aromatic carbocycles. The van der Waals surface area contributed by atoms with Crippen molar-refractivity contribution in [3.8, 4) is 0 Å². The molecule has 0 fully saturated rings. The minimum Gasteiger partial charge on any atom is -0.404 e. The molecule has 0 aliphatic carbocycles. The Kier molecular flexibility index (Phi) is 1.79. The monoisotopic (exact) mass is 122 g/mol. The Labute approximate surface area is 41.9 Å². The largest absolute Gasteiger partial charge is 0.404 e. The number of rotatable bonds is 1. The first-order valence-electron chi connectivity index (χ1n) is 1.47. The zero-order chi connectivity index (χ0) is 5.91. The van der Waals surface area contributed by atoms with Gasteiger partial charge in [-0.05, 0) is 0 Å². The summed E-state index contributed by atoms with van der Waals surface area (Å²) in [5.41, 5.74) is 4.67. The second-order valence-electron chi connectivity index (χ2n) is 0.918. The third kappa shape index (κ3) is 5.45. The van der Waals surface area contributed by atoms with Gasteiger partial charge in [0.25, 0.3) is 0 Å². The normalized spacial score (nSPS) is 12.7. The van der Waals surface area contributed by atoms with Crippen molar-refractivity contribution in [3.05, 3.63) is 11.6 Å². The summed E-state index contributed by atoms with van der Waals surface area (Å²) in [5, 5.41) is 5.17. The van der Waals surface area contributed by atoms with Gasteiger partial charge in [-0.15, -0.1) is 0 Å². The maximum atomic E-state index is 9.84. The summed E-state index contributed by atoms with van der Waals surface area (Å²) in [4.78, 5) is 0. The molecule has 0 radical (unpaired) electrons. The second-order valence-corrected chi connectivity index (χ2v) is 2.37. The maximum Gasteiger partial charge on any atom is 0.232 e. The Morgan fingerprint density at radius 1 is 1.43 bits per heavy atom. The third-order valence-electron chi connectivity index (χ3n) is 0.268. The fourth-order valence-electron chi connectivity index (χ4n) is 0.110. The third-order valence-corrected chi connectivity index (χ3v) is 0.805. The molecule has 0 aromatic rings. The SMILES string of the molecule is N/C=C\S(N)(=O)=O. The topological polar surface area (TPSA) is 86.2 Å². The van der Waals surface area contributed by atoms with Crippen molar-refractivity contribution in [1.82, 2.24) is 0 Å². The summed E-state index contributed by atoms with van der Waals surface area (Å²) >= 11 is 0. The first kappa shape index (κ1) is 6.45. The van der Waals surface area contributed by atoms with Crippen molar-refractivity contribution in [2.24, 2.45) is 10.9 Å². The predicted molar refractivity (Wildman–Crippen MR) is 26.4 cm³/mol. The number of sulfonamides is 1. The molecule has 0 aliphatic rings.